The van der Waals surface area contributed by atoms with Crippen molar-refractivity contribution in [1.82, 2.24) is 5.32 Å². The molecule has 0 saturated heterocycles. The second-order valence-electron chi connectivity index (χ2n) is 6.47. The molecule has 0 heterocycles. The Bertz CT molecular complexity index is 973. The van der Waals surface area contributed by atoms with Crippen LogP contribution in [0.5, 0.6) is 0 Å². The SMILES string of the molecule is CC(NC(=O)c1ccccc1NC(=O)Cc1ccccc1Cl)c1ccccc1. The monoisotopic (exact) mass is 392 g/mol. The Kier molecular flexibility index (Phi) is 6.45. The van der Waals surface area contributed by atoms with E-state index in [1.807, 2.05) is 55.5 Å². The number of para-hydroxylation sites is 1. The first-order chi connectivity index (χ1) is 13.5. The predicted octanol–water partition coefficient (Wildman–Crippen LogP) is 5.01. The Morgan fingerprint density at radius 1 is 0.893 bits per heavy atom. The van der Waals surface area contributed by atoms with Crippen LogP contribution in [0.4, 0.5) is 5.69 Å². The van der Waals surface area contributed by atoms with Crippen LogP contribution >= 0.6 is 11.6 Å². The largest absolute Gasteiger partial charge is 0.345 e. The molecular formula is C23H21ClN2O2. The quantitative estimate of drug-likeness (QED) is 0.619. The Hall–Kier alpha value is -3.11. The molecule has 1 atom stereocenters. The molecule has 0 aliphatic carbocycles. The van der Waals surface area contributed by atoms with Gasteiger partial charge in [0.25, 0.3) is 5.91 Å². The summed E-state index contributed by atoms with van der Waals surface area (Å²) in [5.74, 6) is -0.477. The number of carbonyl (C=O) groups excluding carboxylic acids is 2. The lowest BCUT2D eigenvalue weighted by molar-refractivity contribution is -0.115. The van der Waals surface area contributed by atoms with Gasteiger partial charge in [0.15, 0.2) is 0 Å². The molecule has 2 amide bonds. The first-order valence-electron chi connectivity index (χ1n) is 9.02. The van der Waals surface area contributed by atoms with Crippen molar-refractivity contribution in [3.8, 4) is 0 Å². The standard InChI is InChI=1S/C23H21ClN2O2/c1-16(17-9-3-2-4-10-17)25-23(28)19-12-6-8-14-21(19)26-22(27)15-18-11-5-7-13-20(18)24/h2-14,16H,15H2,1H3,(H,25,28)(H,26,27). The van der Waals surface area contributed by atoms with Crippen molar-refractivity contribution in [3.05, 3.63) is 101 Å². The van der Waals surface area contributed by atoms with E-state index >= 15 is 0 Å². The van der Waals surface area contributed by atoms with Gasteiger partial charge in [0.05, 0.1) is 23.7 Å². The lowest BCUT2D eigenvalue weighted by Gasteiger charge is -2.16. The Balaban J connectivity index is 1.71. The molecule has 3 rings (SSSR count). The molecule has 0 saturated carbocycles. The number of nitrogens with one attached hydrogen (secondary N) is 2. The Labute approximate surface area is 169 Å². The van der Waals surface area contributed by atoms with Crippen LogP contribution in [-0.2, 0) is 11.2 Å². The summed E-state index contributed by atoms with van der Waals surface area (Å²) in [6.07, 6.45) is 0.135. The minimum absolute atomic E-state index is 0.135. The van der Waals surface area contributed by atoms with Gasteiger partial charge in [-0.15, -0.1) is 0 Å². The molecule has 0 aliphatic rings. The van der Waals surface area contributed by atoms with Crippen LogP contribution in [-0.4, -0.2) is 11.8 Å². The third-order valence-electron chi connectivity index (χ3n) is 4.40. The summed E-state index contributed by atoms with van der Waals surface area (Å²) in [5.41, 5.74) is 2.63. The normalized spacial score (nSPS) is 11.5. The van der Waals surface area contributed by atoms with E-state index in [9.17, 15) is 9.59 Å². The maximum atomic E-state index is 12.8. The summed E-state index contributed by atoms with van der Waals surface area (Å²) in [6.45, 7) is 1.92. The van der Waals surface area contributed by atoms with Crippen molar-refractivity contribution in [1.29, 1.82) is 0 Å². The van der Waals surface area contributed by atoms with Gasteiger partial charge >= 0.3 is 0 Å². The maximum absolute atomic E-state index is 12.8. The van der Waals surface area contributed by atoms with Gasteiger partial charge in [-0.25, -0.2) is 0 Å². The number of hydrogen-bond donors (Lipinski definition) is 2. The number of anilines is 1. The average Bonchev–Trinajstić information content (AvgIpc) is 2.70. The number of rotatable bonds is 6. The van der Waals surface area contributed by atoms with E-state index in [4.69, 9.17) is 11.6 Å². The van der Waals surface area contributed by atoms with Gasteiger partial charge in [-0.3, -0.25) is 9.59 Å². The molecule has 2 N–H and O–H groups in total. The van der Waals surface area contributed by atoms with Crippen molar-refractivity contribution in [2.45, 2.75) is 19.4 Å². The lowest BCUT2D eigenvalue weighted by Crippen LogP contribution is -2.28. The minimum Gasteiger partial charge on any atom is -0.345 e. The summed E-state index contributed by atoms with van der Waals surface area (Å²) in [4.78, 5) is 25.2. The third kappa shape index (κ3) is 4.99. The highest BCUT2D eigenvalue weighted by Crippen LogP contribution is 2.20. The molecule has 1 unspecified atom stereocenters. The summed E-state index contributed by atoms with van der Waals surface area (Å²) < 4.78 is 0. The topological polar surface area (TPSA) is 58.2 Å². The van der Waals surface area contributed by atoms with Gasteiger partial charge < -0.3 is 10.6 Å². The van der Waals surface area contributed by atoms with Crippen LogP contribution in [0.1, 0.15) is 34.5 Å². The molecule has 3 aromatic rings. The van der Waals surface area contributed by atoms with Crippen molar-refractivity contribution in [3.63, 3.8) is 0 Å². The fraction of sp³-hybridized carbons (Fsp3) is 0.130. The van der Waals surface area contributed by atoms with Crippen LogP contribution in [0.3, 0.4) is 0 Å². The van der Waals surface area contributed by atoms with Crippen LogP contribution in [0.15, 0.2) is 78.9 Å². The molecule has 0 aliphatic heterocycles. The van der Waals surface area contributed by atoms with Crippen molar-refractivity contribution >= 4 is 29.1 Å². The summed E-state index contributed by atoms with van der Waals surface area (Å²) in [7, 11) is 0. The van der Waals surface area contributed by atoms with Crippen molar-refractivity contribution in [2.24, 2.45) is 0 Å². The van der Waals surface area contributed by atoms with Crippen LogP contribution < -0.4 is 10.6 Å². The third-order valence-corrected chi connectivity index (χ3v) is 4.77. The highest BCUT2D eigenvalue weighted by Gasteiger charge is 2.16. The zero-order valence-electron chi connectivity index (χ0n) is 15.5. The van der Waals surface area contributed by atoms with E-state index in [0.29, 0.717) is 16.3 Å². The van der Waals surface area contributed by atoms with Crippen LogP contribution in [0.2, 0.25) is 5.02 Å². The van der Waals surface area contributed by atoms with Crippen molar-refractivity contribution in [2.75, 3.05) is 5.32 Å². The predicted molar refractivity (Wildman–Crippen MR) is 113 cm³/mol. The highest BCUT2D eigenvalue weighted by molar-refractivity contribution is 6.31. The van der Waals surface area contributed by atoms with E-state index in [1.54, 1.807) is 30.3 Å². The average molecular weight is 393 g/mol. The highest BCUT2D eigenvalue weighted by atomic mass is 35.5. The van der Waals surface area contributed by atoms with E-state index in [0.717, 1.165) is 11.1 Å². The van der Waals surface area contributed by atoms with Crippen LogP contribution in [0.25, 0.3) is 0 Å². The molecule has 4 nitrogen and oxygen atoms in total. The molecular weight excluding hydrogens is 372 g/mol. The summed E-state index contributed by atoms with van der Waals surface area (Å²) in [6, 6.07) is 23.7. The minimum atomic E-state index is -0.245. The van der Waals surface area contributed by atoms with E-state index in [-0.39, 0.29) is 24.3 Å². The second kappa shape index (κ2) is 9.20. The molecule has 5 heteroatoms. The first-order valence-corrected chi connectivity index (χ1v) is 9.40. The Morgan fingerprint density at radius 3 is 2.29 bits per heavy atom. The number of halogens is 1. The lowest BCUT2D eigenvalue weighted by atomic mass is 10.1. The molecule has 28 heavy (non-hydrogen) atoms. The second-order valence-corrected chi connectivity index (χ2v) is 6.87. The van der Waals surface area contributed by atoms with Gasteiger partial charge in [-0.05, 0) is 36.2 Å². The van der Waals surface area contributed by atoms with Crippen LogP contribution in [0, 0.1) is 0 Å². The Morgan fingerprint density at radius 2 is 1.54 bits per heavy atom. The number of benzene rings is 3. The number of amides is 2. The smallest absolute Gasteiger partial charge is 0.253 e. The molecule has 0 bridgehead atoms. The zero-order valence-corrected chi connectivity index (χ0v) is 16.2. The van der Waals surface area contributed by atoms with E-state index < -0.39 is 0 Å². The van der Waals surface area contributed by atoms with Crippen molar-refractivity contribution < 1.29 is 9.59 Å². The number of carbonyl (C=O) groups is 2. The molecule has 0 radical (unpaired) electrons. The fourth-order valence-corrected chi connectivity index (χ4v) is 3.10. The first kappa shape index (κ1) is 19.6. The summed E-state index contributed by atoms with van der Waals surface area (Å²) >= 11 is 6.12. The van der Waals surface area contributed by atoms with Gasteiger partial charge in [-0.2, -0.15) is 0 Å². The summed E-state index contributed by atoms with van der Waals surface area (Å²) in [5, 5.41) is 6.34. The molecule has 0 fully saturated rings. The molecule has 142 valence electrons. The van der Waals surface area contributed by atoms with Gasteiger partial charge in [0.1, 0.15) is 0 Å². The van der Waals surface area contributed by atoms with E-state index in [1.165, 1.54) is 0 Å². The van der Waals surface area contributed by atoms with Gasteiger partial charge in [0.2, 0.25) is 5.91 Å². The van der Waals surface area contributed by atoms with Gasteiger partial charge in [0, 0.05) is 5.02 Å². The number of hydrogen-bond acceptors (Lipinski definition) is 2. The molecule has 3 aromatic carbocycles. The molecule has 0 aromatic heterocycles. The van der Waals surface area contributed by atoms with Gasteiger partial charge in [-0.1, -0.05) is 72.3 Å². The molecule has 0 spiro atoms. The zero-order chi connectivity index (χ0) is 19.9. The van der Waals surface area contributed by atoms with E-state index in [2.05, 4.69) is 10.6 Å². The fourth-order valence-electron chi connectivity index (χ4n) is 2.90. The maximum Gasteiger partial charge on any atom is 0.253 e.